The van der Waals surface area contributed by atoms with Crippen LogP contribution in [0.5, 0.6) is 0 Å². The summed E-state index contributed by atoms with van der Waals surface area (Å²) < 4.78 is 0. The molecule has 0 aliphatic rings. The van der Waals surface area contributed by atoms with Crippen LogP contribution in [0.25, 0.3) is 0 Å². The highest BCUT2D eigenvalue weighted by molar-refractivity contribution is 5.14. The van der Waals surface area contributed by atoms with Crippen LogP contribution in [-0.2, 0) is 6.42 Å². The molecular weight excluding hydrogens is 434 g/mol. The van der Waals surface area contributed by atoms with Gasteiger partial charge in [0, 0.05) is 0 Å². The number of unbranched alkanes of at least 4 members (excludes halogenated alkanes) is 20. The lowest BCUT2D eigenvalue weighted by Crippen LogP contribution is -2.27. The molecule has 1 aromatic carbocycles. The van der Waals surface area contributed by atoms with Gasteiger partial charge >= 0.3 is 0 Å². The van der Waals surface area contributed by atoms with Gasteiger partial charge in [-0.25, -0.2) is 0 Å². The number of nitrogens with zero attached hydrogens (tertiary/aromatic N) is 1. The van der Waals surface area contributed by atoms with Crippen molar-refractivity contribution in [1.82, 2.24) is 4.90 Å². The highest BCUT2D eigenvalue weighted by atomic mass is 15.1. The van der Waals surface area contributed by atoms with Crippen LogP contribution in [0.15, 0.2) is 30.3 Å². The lowest BCUT2D eigenvalue weighted by Gasteiger charge is -2.22. The Bertz CT molecular complexity index is 501. The molecule has 0 aliphatic carbocycles. The minimum atomic E-state index is 1.25. The van der Waals surface area contributed by atoms with Crippen LogP contribution in [0.3, 0.4) is 0 Å². The summed E-state index contributed by atoms with van der Waals surface area (Å²) in [5.41, 5.74) is 1.50. The van der Waals surface area contributed by atoms with Crippen LogP contribution in [0.4, 0.5) is 0 Å². The summed E-state index contributed by atoms with van der Waals surface area (Å²) in [5.74, 6) is 0. The van der Waals surface area contributed by atoms with Crippen molar-refractivity contribution in [1.29, 1.82) is 0 Å². The van der Waals surface area contributed by atoms with E-state index in [0.29, 0.717) is 0 Å². The largest absolute Gasteiger partial charge is 0.303 e. The summed E-state index contributed by atoms with van der Waals surface area (Å²) in [6, 6.07) is 11.0. The summed E-state index contributed by atoms with van der Waals surface area (Å²) in [4.78, 5) is 2.82. The first-order valence-electron chi connectivity index (χ1n) is 16.6. The topological polar surface area (TPSA) is 3.24 Å². The van der Waals surface area contributed by atoms with E-state index >= 15 is 0 Å². The van der Waals surface area contributed by atoms with E-state index in [2.05, 4.69) is 49.1 Å². The Morgan fingerprint density at radius 1 is 0.389 bits per heavy atom. The molecular formula is C35H65N. The maximum atomic E-state index is 2.82. The highest BCUT2D eigenvalue weighted by Crippen LogP contribution is 2.14. The van der Waals surface area contributed by atoms with Gasteiger partial charge in [0.15, 0.2) is 0 Å². The summed E-state index contributed by atoms with van der Waals surface area (Å²) in [6.07, 6.45) is 34.2. The molecule has 1 aromatic rings. The monoisotopic (exact) mass is 500 g/mol. The Morgan fingerprint density at radius 3 is 1.11 bits per heavy atom. The average Bonchev–Trinajstić information content (AvgIpc) is 2.90. The van der Waals surface area contributed by atoms with E-state index < -0.39 is 0 Å². The van der Waals surface area contributed by atoms with Gasteiger partial charge in [-0.2, -0.15) is 0 Å². The van der Waals surface area contributed by atoms with Crippen molar-refractivity contribution in [2.45, 2.75) is 168 Å². The molecule has 0 saturated carbocycles. The number of hydrogen-bond acceptors (Lipinski definition) is 1. The van der Waals surface area contributed by atoms with Gasteiger partial charge in [-0.3, -0.25) is 0 Å². The molecule has 0 radical (unpaired) electrons. The van der Waals surface area contributed by atoms with E-state index in [1.807, 2.05) is 0 Å². The van der Waals surface area contributed by atoms with Crippen molar-refractivity contribution in [3.63, 3.8) is 0 Å². The first kappa shape index (κ1) is 33.2. The standard InChI is InChI=1S/C35H65N/c1-3-5-7-9-11-13-15-17-19-26-32-36(33-27-20-18-16-14-12-10-8-6-4-2)34-28-22-25-31-35-29-23-21-24-30-35/h21,23-24,29-30H,3-20,22,25-28,31-34H2,1-2H3. The van der Waals surface area contributed by atoms with E-state index in [0.717, 1.165) is 0 Å². The molecule has 0 fully saturated rings. The van der Waals surface area contributed by atoms with Gasteiger partial charge in [0.2, 0.25) is 0 Å². The average molecular weight is 500 g/mol. The summed E-state index contributed by atoms with van der Waals surface area (Å²) >= 11 is 0. The Balaban J connectivity index is 2.12. The lowest BCUT2D eigenvalue weighted by atomic mass is 10.1. The third-order valence-corrected chi connectivity index (χ3v) is 7.94. The van der Waals surface area contributed by atoms with E-state index in [9.17, 15) is 0 Å². The lowest BCUT2D eigenvalue weighted by molar-refractivity contribution is 0.254. The first-order valence-corrected chi connectivity index (χ1v) is 16.6. The van der Waals surface area contributed by atoms with E-state index in [4.69, 9.17) is 0 Å². The van der Waals surface area contributed by atoms with Crippen LogP contribution < -0.4 is 0 Å². The van der Waals surface area contributed by atoms with Crippen molar-refractivity contribution in [3.05, 3.63) is 35.9 Å². The Hall–Kier alpha value is -0.820. The smallest absolute Gasteiger partial charge is 0.00187 e. The molecule has 0 atom stereocenters. The predicted octanol–water partition coefficient (Wildman–Crippen LogP) is 11.5. The summed E-state index contributed by atoms with van der Waals surface area (Å²) in [6.45, 7) is 8.62. The molecule has 0 aliphatic heterocycles. The van der Waals surface area contributed by atoms with Crippen molar-refractivity contribution in [3.8, 4) is 0 Å². The molecule has 1 heteroatoms. The molecule has 0 aromatic heterocycles. The van der Waals surface area contributed by atoms with Gasteiger partial charge in [-0.1, -0.05) is 166 Å². The SMILES string of the molecule is CCCCCCCCCCCCN(CCCCCCCCCCCC)CCCCCc1ccccc1. The minimum absolute atomic E-state index is 1.25. The normalized spacial score (nSPS) is 11.5. The van der Waals surface area contributed by atoms with Crippen LogP contribution in [0.2, 0.25) is 0 Å². The van der Waals surface area contributed by atoms with Crippen molar-refractivity contribution < 1.29 is 0 Å². The molecule has 1 rings (SSSR count). The minimum Gasteiger partial charge on any atom is -0.303 e. The number of hydrogen-bond donors (Lipinski definition) is 0. The molecule has 0 bridgehead atoms. The van der Waals surface area contributed by atoms with Crippen molar-refractivity contribution in [2.75, 3.05) is 19.6 Å². The van der Waals surface area contributed by atoms with Gasteiger partial charge in [0.1, 0.15) is 0 Å². The van der Waals surface area contributed by atoms with Gasteiger partial charge < -0.3 is 4.90 Å². The van der Waals surface area contributed by atoms with Crippen LogP contribution in [-0.4, -0.2) is 24.5 Å². The van der Waals surface area contributed by atoms with E-state index in [1.54, 1.807) is 0 Å². The number of aryl methyl sites for hydroxylation is 1. The van der Waals surface area contributed by atoms with E-state index in [-0.39, 0.29) is 0 Å². The van der Waals surface area contributed by atoms with Crippen LogP contribution >= 0.6 is 0 Å². The third kappa shape index (κ3) is 22.4. The van der Waals surface area contributed by atoms with Crippen LogP contribution in [0.1, 0.15) is 167 Å². The van der Waals surface area contributed by atoms with Gasteiger partial charge in [0.25, 0.3) is 0 Å². The first-order chi connectivity index (χ1) is 17.9. The highest BCUT2D eigenvalue weighted by Gasteiger charge is 2.05. The molecule has 0 heterocycles. The fourth-order valence-corrected chi connectivity index (χ4v) is 5.47. The summed E-state index contributed by atoms with van der Waals surface area (Å²) in [5, 5.41) is 0. The molecule has 210 valence electrons. The molecule has 0 saturated heterocycles. The van der Waals surface area contributed by atoms with Gasteiger partial charge in [0.05, 0.1) is 0 Å². The van der Waals surface area contributed by atoms with Crippen LogP contribution in [0, 0.1) is 0 Å². The molecule has 36 heavy (non-hydrogen) atoms. The fourth-order valence-electron chi connectivity index (χ4n) is 5.47. The Kier molecular flexibility index (Phi) is 25.1. The summed E-state index contributed by atoms with van der Waals surface area (Å²) in [7, 11) is 0. The van der Waals surface area contributed by atoms with Gasteiger partial charge in [-0.05, 0) is 57.3 Å². The maximum absolute atomic E-state index is 2.82. The maximum Gasteiger partial charge on any atom is -0.00187 e. The second kappa shape index (κ2) is 27.2. The molecule has 1 nitrogen and oxygen atoms in total. The second-order valence-corrected chi connectivity index (χ2v) is 11.5. The van der Waals surface area contributed by atoms with Crippen molar-refractivity contribution in [2.24, 2.45) is 0 Å². The zero-order valence-electron chi connectivity index (χ0n) is 24.9. The molecule has 0 unspecified atom stereocenters. The van der Waals surface area contributed by atoms with E-state index in [1.165, 1.54) is 179 Å². The fraction of sp³-hybridized carbons (Fsp3) is 0.829. The van der Waals surface area contributed by atoms with Gasteiger partial charge in [-0.15, -0.1) is 0 Å². The molecule has 0 spiro atoms. The molecule has 0 amide bonds. The third-order valence-electron chi connectivity index (χ3n) is 7.94. The quantitative estimate of drug-likeness (QED) is 0.104. The predicted molar refractivity (Wildman–Crippen MR) is 164 cm³/mol. The molecule has 0 N–H and O–H groups in total. The number of rotatable bonds is 28. The zero-order valence-corrected chi connectivity index (χ0v) is 24.9. The zero-order chi connectivity index (χ0) is 25.8. The Labute approximate surface area is 228 Å². The second-order valence-electron chi connectivity index (χ2n) is 11.5. The Morgan fingerprint density at radius 2 is 0.722 bits per heavy atom. The number of benzene rings is 1. The van der Waals surface area contributed by atoms with Crippen molar-refractivity contribution >= 4 is 0 Å².